The van der Waals surface area contributed by atoms with E-state index in [0.717, 1.165) is 0 Å². The van der Waals surface area contributed by atoms with Gasteiger partial charge in [-0.05, 0) is 6.08 Å². The van der Waals surface area contributed by atoms with Crippen molar-refractivity contribution in [2.24, 2.45) is 5.92 Å². The number of carbonyl (C=O) groups is 3. The number of ketones is 3. The Kier molecular flexibility index (Phi) is 4.11. The molecule has 1 atom stereocenters. The van der Waals surface area contributed by atoms with E-state index in [1.807, 2.05) is 6.07 Å². The molecule has 2 aromatic rings. The summed E-state index contributed by atoms with van der Waals surface area (Å²) in [5.41, 5.74) is 1.11. The van der Waals surface area contributed by atoms with E-state index >= 15 is 0 Å². The molecule has 0 fully saturated rings. The first-order valence-corrected chi connectivity index (χ1v) is 7.29. The van der Waals surface area contributed by atoms with Crippen molar-refractivity contribution in [3.63, 3.8) is 0 Å². The van der Waals surface area contributed by atoms with Gasteiger partial charge in [0.1, 0.15) is 5.92 Å². The fraction of sp³-hybridized carbons (Fsp3) is 0.0500. The topological polar surface area (TPSA) is 51.2 Å². The summed E-state index contributed by atoms with van der Waals surface area (Å²) in [7, 11) is 0. The lowest BCUT2D eigenvalue weighted by molar-refractivity contribution is -0.116. The molecule has 0 bridgehead atoms. The van der Waals surface area contributed by atoms with Crippen molar-refractivity contribution >= 4 is 17.3 Å². The Labute approximate surface area is 134 Å². The van der Waals surface area contributed by atoms with Crippen LogP contribution in [0.3, 0.4) is 0 Å². The predicted octanol–water partition coefficient (Wildman–Crippen LogP) is 3.43. The molecule has 0 radical (unpaired) electrons. The maximum atomic E-state index is 12.7. The second kappa shape index (κ2) is 6.36. The SMILES string of the molecule is O=C(C1=CC=CC(=O)C1C(=O)c1ccccc1)c1ccccc1. The highest BCUT2D eigenvalue weighted by Crippen LogP contribution is 2.25. The van der Waals surface area contributed by atoms with Crippen LogP contribution < -0.4 is 0 Å². The van der Waals surface area contributed by atoms with Gasteiger partial charge in [-0.2, -0.15) is 0 Å². The summed E-state index contributed by atoms with van der Waals surface area (Å²) in [6.45, 7) is 0. The molecule has 0 saturated heterocycles. The zero-order valence-corrected chi connectivity index (χ0v) is 12.3. The molecule has 1 aliphatic carbocycles. The second-order valence-corrected chi connectivity index (χ2v) is 5.24. The summed E-state index contributed by atoms with van der Waals surface area (Å²) in [5.74, 6) is -2.08. The monoisotopic (exact) mass is 302 g/mol. The first-order valence-electron chi connectivity index (χ1n) is 7.29. The van der Waals surface area contributed by atoms with Crippen LogP contribution in [-0.4, -0.2) is 17.3 Å². The van der Waals surface area contributed by atoms with Crippen molar-refractivity contribution in [3.05, 3.63) is 95.6 Å². The van der Waals surface area contributed by atoms with E-state index in [2.05, 4.69) is 0 Å². The smallest absolute Gasteiger partial charge is 0.190 e. The molecule has 3 heteroatoms. The Morgan fingerprint density at radius 3 is 1.96 bits per heavy atom. The lowest BCUT2D eigenvalue weighted by Crippen LogP contribution is -2.30. The lowest BCUT2D eigenvalue weighted by atomic mass is 9.81. The van der Waals surface area contributed by atoms with Crippen LogP contribution in [0.1, 0.15) is 20.7 Å². The fourth-order valence-corrected chi connectivity index (χ4v) is 2.59. The minimum Gasteiger partial charge on any atom is -0.294 e. The number of hydrogen-bond donors (Lipinski definition) is 0. The van der Waals surface area contributed by atoms with Crippen molar-refractivity contribution in [2.75, 3.05) is 0 Å². The van der Waals surface area contributed by atoms with E-state index in [0.29, 0.717) is 11.1 Å². The van der Waals surface area contributed by atoms with Crippen molar-refractivity contribution in [3.8, 4) is 0 Å². The summed E-state index contributed by atoms with van der Waals surface area (Å²) in [4.78, 5) is 37.6. The highest BCUT2D eigenvalue weighted by atomic mass is 16.2. The van der Waals surface area contributed by atoms with Gasteiger partial charge in [-0.15, -0.1) is 0 Å². The molecule has 0 spiro atoms. The number of benzene rings is 2. The van der Waals surface area contributed by atoms with Crippen molar-refractivity contribution in [1.29, 1.82) is 0 Å². The molecule has 3 nitrogen and oxygen atoms in total. The molecule has 0 amide bonds. The zero-order valence-electron chi connectivity index (χ0n) is 12.3. The van der Waals surface area contributed by atoms with E-state index in [1.165, 1.54) is 12.2 Å². The Balaban J connectivity index is 1.99. The number of rotatable bonds is 4. The summed E-state index contributed by atoms with van der Waals surface area (Å²) in [5, 5.41) is 0. The largest absolute Gasteiger partial charge is 0.294 e. The van der Waals surface area contributed by atoms with Crippen LogP contribution in [0.25, 0.3) is 0 Å². The molecule has 1 unspecified atom stereocenters. The van der Waals surface area contributed by atoms with Gasteiger partial charge in [0.2, 0.25) is 0 Å². The van der Waals surface area contributed by atoms with Crippen molar-refractivity contribution < 1.29 is 14.4 Å². The van der Waals surface area contributed by atoms with E-state index in [1.54, 1.807) is 60.7 Å². The van der Waals surface area contributed by atoms with Gasteiger partial charge in [-0.25, -0.2) is 0 Å². The van der Waals surface area contributed by atoms with Crippen LogP contribution in [0, 0.1) is 5.92 Å². The molecule has 0 aliphatic heterocycles. The van der Waals surface area contributed by atoms with Crippen LogP contribution in [0.2, 0.25) is 0 Å². The van der Waals surface area contributed by atoms with E-state index in [-0.39, 0.29) is 22.9 Å². The third kappa shape index (κ3) is 2.94. The second-order valence-electron chi connectivity index (χ2n) is 5.24. The van der Waals surface area contributed by atoms with E-state index in [4.69, 9.17) is 0 Å². The minimum absolute atomic E-state index is 0.220. The van der Waals surface area contributed by atoms with Gasteiger partial charge in [0.15, 0.2) is 17.3 Å². The Hall–Kier alpha value is -3.07. The Morgan fingerprint density at radius 1 is 0.783 bits per heavy atom. The summed E-state index contributed by atoms with van der Waals surface area (Å²) in [6, 6.07) is 17.2. The van der Waals surface area contributed by atoms with Crippen LogP contribution in [-0.2, 0) is 4.79 Å². The molecule has 0 saturated carbocycles. The van der Waals surface area contributed by atoms with Gasteiger partial charge in [0.25, 0.3) is 0 Å². The Morgan fingerprint density at radius 2 is 1.35 bits per heavy atom. The number of allylic oxidation sites excluding steroid dienone is 4. The first kappa shape index (κ1) is 14.9. The quantitative estimate of drug-likeness (QED) is 0.642. The third-order valence-corrected chi connectivity index (χ3v) is 3.75. The molecular formula is C20H14O3. The predicted molar refractivity (Wildman–Crippen MR) is 87.3 cm³/mol. The van der Waals surface area contributed by atoms with Gasteiger partial charge in [0.05, 0.1) is 0 Å². The van der Waals surface area contributed by atoms with Crippen LogP contribution in [0.15, 0.2) is 84.5 Å². The first-order chi connectivity index (χ1) is 11.2. The van der Waals surface area contributed by atoms with Crippen LogP contribution in [0.4, 0.5) is 0 Å². The van der Waals surface area contributed by atoms with Crippen molar-refractivity contribution in [2.45, 2.75) is 0 Å². The van der Waals surface area contributed by atoms with Gasteiger partial charge in [-0.3, -0.25) is 14.4 Å². The van der Waals surface area contributed by atoms with Crippen LogP contribution in [0.5, 0.6) is 0 Å². The highest BCUT2D eigenvalue weighted by molar-refractivity contribution is 6.24. The van der Waals surface area contributed by atoms with E-state index in [9.17, 15) is 14.4 Å². The number of carbonyl (C=O) groups excluding carboxylic acids is 3. The number of Topliss-reactive ketones (excluding diaryl/α,β-unsaturated/α-hetero) is 2. The highest BCUT2D eigenvalue weighted by Gasteiger charge is 2.34. The third-order valence-electron chi connectivity index (χ3n) is 3.75. The normalized spacial score (nSPS) is 16.8. The molecule has 0 heterocycles. The lowest BCUT2D eigenvalue weighted by Gasteiger charge is -2.18. The number of hydrogen-bond acceptors (Lipinski definition) is 3. The average Bonchev–Trinajstić information content (AvgIpc) is 2.62. The molecular weight excluding hydrogens is 288 g/mol. The molecule has 1 aliphatic rings. The van der Waals surface area contributed by atoms with Crippen LogP contribution >= 0.6 is 0 Å². The van der Waals surface area contributed by atoms with Gasteiger partial charge in [-0.1, -0.05) is 72.8 Å². The standard InChI is InChI=1S/C20H14O3/c21-17-13-7-12-16(19(22)14-8-3-1-4-9-14)18(17)20(23)15-10-5-2-6-11-15/h1-13,18H. The van der Waals surface area contributed by atoms with Gasteiger partial charge in [0, 0.05) is 16.7 Å². The molecule has 23 heavy (non-hydrogen) atoms. The molecule has 112 valence electrons. The molecule has 0 N–H and O–H groups in total. The van der Waals surface area contributed by atoms with Gasteiger partial charge < -0.3 is 0 Å². The van der Waals surface area contributed by atoms with E-state index < -0.39 is 5.92 Å². The molecule has 2 aromatic carbocycles. The Bertz CT molecular complexity index is 814. The van der Waals surface area contributed by atoms with Crippen molar-refractivity contribution in [1.82, 2.24) is 0 Å². The minimum atomic E-state index is -1.07. The average molecular weight is 302 g/mol. The fourth-order valence-electron chi connectivity index (χ4n) is 2.59. The maximum Gasteiger partial charge on any atom is 0.190 e. The van der Waals surface area contributed by atoms with Gasteiger partial charge >= 0.3 is 0 Å². The summed E-state index contributed by atoms with van der Waals surface area (Å²) >= 11 is 0. The summed E-state index contributed by atoms with van der Waals surface area (Å²) in [6.07, 6.45) is 4.42. The molecule has 0 aromatic heterocycles. The maximum absolute atomic E-state index is 12.7. The summed E-state index contributed by atoms with van der Waals surface area (Å²) < 4.78 is 0. The molecule has 3 rings (SSSR count). The zero-order chi connectivity index (χ0) is 16.2.